The molecule has 0 radical (unpaired) electrons. The molecule has 0 aliphatic carbocycles. The summed E-state index contributed by atoms with van der Waals surface area (Å²) in [4.78, 5) is 0.0220. The molecule has 0 aromatic carbocycles. The highest BCUT2D eigenvalue weighted by Crippen LogP contribution is 2.25. The van der Waals surface area contributed by atoms with E-state index >= 15 is 0 Å². The molecule has 0 fully saturated rings. The first kappa shape index (κ1) is 7.95. The Kier molecular flexibility index (Phi) is 2.26. The van der Waals surface area contributed by atoms with Gasteiger partial charge in [-0.2, -0.15) is 0 Å². The molecule has 0 aromatic rings. The van der Waals surface area contributed by atoms with Gasteiger partial charge < -0.3 is 5.32 Å². The highest BCUT2D eigenvalue weighted by atomic mass is 32.2. The summed E-state index contributed by atoms with van der Waals surface area (Å²) in [6.07, 6.45) is 1.97. The van der Waals surface area contributed by atoms with E-state index in [1.165, 1.54) is 0 Å². The predicted octanol–water partition coefficient (Wildman–Crippen LogP) is 1.47. The lowest BCUT2D eigenvalue weighted by molar-refractivity contribution is 0.423. The van der Waals surface area contributed by atoms with Crippen molar-refractivity contribution in [2.24, 2.45) is 0 Å². The number of thioether (sulfide) groups is 1. The van der Waals surface area contributed by atoms with Crippen LogP contribution in [-0.2, 0) is 0 Å². The zero-order valence-corrected chi connectivity index (χ0v) is 7.46. The van der Waals surface area contributed by atoms with Crippen molar-refractivity contribution >= 4 is 11.8 Å². The molecule has 0 saturated carbocycles. The summed E-state index contributed by atoms with van der Waals surface area (Å²) in [6, 6.07) is 0.518. The summed E-state index contributed by atoms with van der Waals surface area (Å²) >= 11 is 1.77. The minimum absolute atomic E-state index is 0.0220. The van der Waals surface area contributed by atoms with Gasteiger partial charge in [0.05, 0.1) is 0 Å². The molecule has 1 aliphatic rings. The predicted molar refractivity (Wildman–Crippen MR) is 46.5 cm³/mol. The Labute approximate surface area is 66.5 Å². The molecule has 0 aromatic heterocycles. The van der Waals surface area contributed by atoms with Crippen LogP contribution in [0, 0.1) is 0 Å². The fraction of sp³-hybridized carbons (Fsp3) is 0.714. The second-order valence-electron chi connectivity index (χ2n) is 2.90. The van der Waals surface area contributed by atoms with Gasteiger partial charge in [0.1, 0.15) is 4.99 Å². The van der Waals surface area contributed by atoms with Crippen molar-refractivity contribution in [1.29, 1.82) is 0 Å². The first-order valence-electron chi connectivity index (χ1n) is 3.51. The highest BCUT2D eigenvalue weighted by Gasteiger charge is 2.25. The minimum Gasteiger partial charge on any atom is -0.364 e. The van der Waals surface area contributed by atoms with Gasteiger partial charge in [-0.3, -0.25) is 5.32 Å². The van der Waals surface area contributed by atoms with Crippen LogP contribution in [0.1, 0.15) is 20.8 Å². The lowest BCUT2D eigenvalue weighted by Gasteiger charge is -2.27. The van der Waals surface area contributed by atoms with Crippen molar-refractivity contribution in [3.63, 3.8) is 0 Å². The first-order chi connectivity index (χ1) is 4.62. The molecule has 2 nitrogen and oxygen atoms in total. The maximum Gasteiger partial charge on any atom is 0.137 e. The van der Waals surface area contributed by atoms with E-state index in [9.17, 15) is 0 Å². The third kappa shape index (κ3) is 1.92. The van der Waals surface area contributed by atoms with E-state index in [4.69, 9.17) is 0 Å². The van der Waals surface area contributed by atoms with Crippen molar-refractivity contribution in [2.75, 3.05) is 0 Å². The van der Waals surface area contributed by atoms with Gasteiger partial charge >= 0.3 is 0 Å². The van der Waals surface area contributed by atoms with Gasteiger partial charge in [0.15, 0.2) is 0 Å². The molecule has 2 N–H and O–H groups in total. The van der Waals surface area contributed by atoms with E-state index in [0.29, 0.717) is 6.04 Å². The SMILES string of the molecule is CC(C)NC1(C)NC=CS1. The van der Waals surface area contributed by atoms with Crippen LogP contribution in [0.3, 0.4) is 0 Å². The van der Waals surface area contributed by atoms with E-state index in [-0.39, 0.29) is 4.99 Å². The third-order valence-electron chi connectivity index (χ3n) is 1.29. The average molecular weight is 158 g/mol. The Morgan fingerprint density at radius 3 is 2.70 bits per heavy atom. The van der Waals surface area contributed by atoms with Crippen LogP contribution in [0.2, 0.25) is 0 Å². The molecule has 1 unspecified atom stereocenters. The van der Waals surface area contributed by atoms with Crippen LogP contribution >= 0.6 is 11.8 Å². The van der Waals surface area contributed by atoms with Gasteiger partial charge in [-0.05, 0) is 26.2 Å². The molecule has 1 atom stereocenters. The van der Waals surface area contributed by atoms with Crippen LogP contribution in [0.15, 0.2) is 11.6 Å². The van der Waals surface area contributed by atoms with Crippen LogP contribution in [0.25, 0.3) is 0 Å². The molecule has 1 rings (SSSR count). The molecule has 58 valence electrons. The monoisotopic (exact) mass is 158 g/mol. The second kappa shape index (κ2) is 2.84. The van der Waals surface area contributed by atoms with Crippen LogP contribution in [-0.4, -0.2) is 11.0 Å². The molecular weight excluding hydrogens is 144 g/mol. The minimum atomic E-state index is 0.0220. The lowest BCUT2D eigenvalue weighted by Crippen LogP contribution is -2.50. The summed E-state index contributed by atoms with van der Waals surface area (Å²) < 4.78 is 0. The van der Waals surface area contributed by atoms with Gasteiger partial charge in [-0.1, -0.05) is 11.8 Å². The smallest absolute Gasteiger partial charge is 0.137 e. The Balaban J connectivity index is 2.38. The van der Waals surface area contributed by atoms with Gasteiger partial charge in [0.2, 0.25) is 0 Å². The molecule has 0 bridgehead atoms. The Bertz CT molecular complexity index is 135. The number of hydrogen-bond acceptors (Lipinski definition) is 3. The normalized spacial score (nSPS) is 31.2. The quantitative estimate of drug-likeness (QED) is 0.636. The van der Waals surface area contributed by atoms with Gasteiger partial charge in [-0.15, -0.1) is 0 Å². The molecule has 0 amide bonds. The fourth-order valence-electron chi connectivity index (χ4n) is 1.02. The van der Waals surface area contributed by atoms with E-state index in [1.54, 1.807) is 11.8 Å². The Morgan fingerprint density at radius 2 is 2.30 bits per heavy atom. The lowest BCUT2D eigenvalue weighted by atomic mass is 10.4. The molecular formula is C7H14N2S. The number of hydrogen-bond donors (Lipinski definition) is 2. The summed E-state index contributed by atoms with van der Waals surface area (Å²) in [5.74, 6) is 0. The molecule has 0 saturated heterocycles. The average Bonchev–Trinajstić information content (AvgIpc) is 2.12. The van der Waals surface area contributed by atoms with Gasteiger partial charge in [-0.25, -0.2) is 0 Å². The van der Waals surface area contributed by atoms with Crippen LogP contribution in [0.4, 0.5) is 0 Å². The standard InChI is InChI=1S/C7H14N2S/c1-6(2)9-7(3)8-4-5-10-7/h4-6,8-9H,1-3H3. The van der Waals surface area contributed by atoms with E-state index in [2.05, 4.69) is 36.8 Å². The van der Waals surface area contributed by atoms with E-state index in [1.807, 2.05) is 6.20 Å². The second-order valence-corrected chi connectivity index (χ2v) is 4.22. The van der Waals surface area contributed by atoms with Crippen molar-refractivity contribution < 1.29 is 0 Å². The Morgan fingerprint density at radius 1 is 1.60 bits per heavy atom. The molecule has 1 aliphatic heterocycles. The molecule has 0 spiro atoms. The zero-order chi connectivity index (χ0) is 7.61. The summed E-state index contributed by atoms with van der Waals surface area (Å²) in [7, 11) is 0. The van der Waals surface area contributed by atoms with Crippen molar-refractivity contribution in [1.82, 2.24) is 10.6 Å². The summed E-state index contributed by atoms with van der Waals surface area (Å²) in [6.45, 7) is 6.43. The van der Waals surface area contributed by atoms with Gasteiger partial charge in [0.25, 0.3) is 0 Å². The topological polar surface area (TPSA) is 24.1 Å². The maximum atomic E-state index is 3.41. The summed E-state index contributed by atoms with van der Waals surface area (Å²) in [5.41, 5.74) is 0. The molecule has 10 heavy (non-hydrogen) atoms. The Hall–Kier alpha value is -0.150. The first-order valence-corrected chi connectivity index (χ1v) is 4.38. The summed E-state index contributed by atoms with van der Waals surface area (Å²) in [5, 5.41) is 8.71. The third-order valence-corrected chi connectivity index (χ3v) is 2.27. The van der Waals surface area contributed by atoms with Crippen LogP contribution in [0.5, 0.6) is 0 Å². The zero-order valence-electron chi connectivity index (χ0n) is 6.64. The largest absolute Gasteiger partial charge is 0.364 e. The molecule has 3 heteroatoms. The number of nitrogens with one attached hydrogen (secondary N) is 2. The van der Waals surface area contributed by atoms with Crippen LogP contribution < -0.4 is 10.6 Å². The van der Waals surface area contributed by atoms with E-state index in [0.717, 1.165) is 0 Å². The van der Waals surface area contributed by atoms with Crippen molar-refractivity contribution in [3.05, 3.63) is 11.6 Å². The van der Waals surface area contributed by atoms with Gasteiger partial charge in [0, 0.05) is 12.2 Å². The molecule has 1 heterocycles. The van der Waals surface area contributed by atoms with Crippen molar-refractivity contribution in [3.8, 4) is 0 Å². The number of rotatable bonds is 2. The fourth-order valence-corrected chi connectivity index (χ4v) is 1.87. The highest BCUT2D eigenvalue weighted by molar-refractivity contribution is 8.03. The maximum absolute atomic E-state index is 3.41. The van der Waals surface area contributed by atoms with Crippen molar-refractivity contribution in [2.45, 2.75) is 31.8 Å². The van der Waals surface area contributed by atoms with E-state index < -0.39 is 0 Å².